The molecule has 0 spiro atoms. The van der Waals surface area contributed by atoms with Crippen LogP contribution in [0.2, 0.25) is 0 Å². The number of methoxy groups -OCH3 is 1. The summed E-state index contributed by atoms with van der Waals surface area (Å²) in [5.41, 5.74) is 12.9. The standard InChI is InChI=1S/C28H31N3O2.C25H28F3N3O3/c1-18-23(14-31-15-24(16-31)28(32)30-2)8-7-21-12-25(9-10-26(18)21)33-17-19-3-4-22(13-29)27(11-19)20-5-6-20;1-15-17(11-31-12-19(13-31)23(32)29-2)5-4-16-9-21(6-7-22(15)16)34-14-18-8-20(25(26,27)28)10-30-24(18)33-3/h3-4,9-12,20,24H,5-8,14-17H2,1-2H3,(H,30,32);6-10,19H,4-5,11-14H2,1-3H3,(H,29,32). The second-order valence-corrected chi connectivity index (χ2v) is 18.4. The monoisotopic (exact) mass is 916 g/mol. The number of benzene rings is 3. The smallest absolute Gasteiger partial charge is 0.417 e. The molecule has 1 saturated carbocycles. The Hall–Kier alpha value is -6.17. The second-order valence-electron chi connectivity index (χ2n) is 18.4. The van der Waals surface area contributed by atoms with E-state index in [-0.39, 0.29) is 41.7 Å². The maximum Gasteiger partial charge on any atom is 0.417 e. The fraction of sp³-hybridized carbons (Fsp3) is 0.434. The number of ether oxygens (including phenoxy) is 3. The number of nitrogens with one attached hydrogen (secondary N) is 2. The summed E-state index contributed by atoms with van der Waals surface area (Å²) in [6.07, 6.45) is 2.51. The van der Waals surface area contributed by atoms with Crippen LogP contribution in [-0.2, 0) is 41.8 Å². The Morgan fingerprint density at radius 1 is 0.761 bits per heavy atom. The van der Waals surface area contributed by atoms with Gasteiger partial charge in [0.15, 0.2) is 0 Å². The maximum absolute atomic E-state index is 13.1. The van der Waals surface area contributed by atoms with Gasteiger partial charge in [-0.1, -0.05) is 35.4 Å². The lowest BCUT2D eigenvalue weighted by Gasteiger charge is -2.39. The van der Waals surface area contributed by atoms with Gasteiger partial charge in [-0.05, 0) is 139 Å². The number of nitrogens with zero attached hydrogens (tertiary/aromatic N) is 4. The number of hydrogen-bond donors (Lipinski definition) is 2. The molecule has 0 unspecified atom stereocenters. The number of nitriles is 1. The normalized spacial score (nSPS) is 17.5. The van der Waals surface area contributed by atoms with E-state index in [2.05, 4.69) is 69.6 Å². The summed E-state index contributed by atoms with van der Waals surface area (Å²) in [6.45, 7) is 9.86. The van der Waals surface area contributed by atoms with Crippen LogP contribution in [-0.4, -0.2) is 87.1 Å². The SMILES string of the molecule is CNC(=O)C1CN(CC2=C(C)c3ccc(OCc4cc(C(F)(F)F)cnc4OC)cc3CC2)C1.CNC(=O)C1CN(CC2=C(C)c3ccc(OCc4ccc(C#N)c(C5CC5)c4)cc3CC2)C1. The Labute approximate surface area is 391 Å². The molecule has 0 bridgehead atoms. The third-order valence-electron chi connectivity index (χ3n) is 13.9. The molecule has 352 valence electrons. The summed E-state index contributed by atoms with van der Waals surface area (Å²) >= 11 is 0. The number of amides is 2. The van der Waals surface area contributed by atoms with E-state index in [1.807, 2.05) is 30.3 Å². The lowest BCUT2D eigenvalue weighted by molar-refractivity contribution is -0.138. The van der Waals surface area contributed by atoms with Gasteiger partial charge in [0.1, 0.15) is 24.7 Å². The molecule has 1 aromatic heterocycles. The van der Waals surface area contributed by atoms with Gasteiger partial charge in [-0.2, -0.15) is 18.4 Å². The number of alkyl halides is 3. The summed E-state index contributed by atoms with van der Waals surface area (Å²) in [4.78, 5) is 31.9. The molecule has 14 heteroatoms. The number of allylic oxidation sites excluding steroid dienone is 2. The molecular formula is C53H59F3N6O5. The maximum atomic E-state index is 13.1. The van der Waals surface area contributed by atoms with Gasteiger partial charge in [-0.25, -0.2) is 4.98 Å². The van der Waals surface area contributed by atoms with Crippen molar-refractivity contribution in [3.05, 3.63) is 128 Å². The van der Waals surface area contributed by atoms with Crippen LogP contribution in [0.4, 0.5) is 13.2 Å². The number of aryl methyl sites for hydroxylation is 2. The first kappa shape index (κ1) is 47.3. The van der Waals surface area contributed by atoms with Crippen molar-refractivity contribution in [3.63, 3.8) is 0 Å². The van der Waals surface area contributed by atoms with Crippen LogP contribution in [0, 0.1) is 23.2 Å². The van der Waals surface area contributed by atoms with Crippen LogP contribution >= 0.6 is 0 Å². The molecular weight excluding hydrogens is 858 g/mol. The Morgan fingerprint density at radius 2 is 1.30 bits per heavy atom. The summed E-state index contributed by atoms with van der Waals surface area (Å²) in [5, 5.41) is 14.8. The minimum Gasteiger partial charge on any atom is -0.489 e. The summed E-state index contributed by atoms with van der Waals surface area (Å²) in [6, 6.07) is 21.7. The first-order valence-electron chi connectivity index (χ1n) is 23.2. The number of pyridine rings is 1. The average molecular weight is 917 g/mol. The van der Waals surface area contributed by atoms with Crippen LogP contribution < -0.4 is 24.8 Å². The second kappa shape index (κ2) is 20.4. The molecule has 2 amide bonds. The summed E-state index contributed by atoms with van der Waals surface area (Å²) in [5.74, 6) is 2.63. The minimum atomic E-state index is -4.49. The van der Waals surface area contributed by atoms with Crippen LogP contribution in [0.1, 0.15) is 95.5 Å². The van der Waals surface area contributed by atoms with E-state index in [9.17, 15) is 28.0 Å². The molecule has 11 nitrogen and oxygen atoms in total. The van der Waals surface area contributed by atoms with E-state index >= 15 is 0 Å². The highest BCUT2D eigenvalue weighted by atomic mass is 19.4. The van der Waals surface area contributed by atoms with Crippen LogP contribution in [0.3, 0.4) is 0 Å². The zero-order chi connectivity index (χ0) is 47.4. The van der Waals surface area contributed by atoms with Gasteiger partial charge in [-0.3, -0.25) is 19.4 Å². The van der Waals surface area contributed by atoms with Gasteiger partial charge >= 0.3 is 6.18 Å². The highest BCUT2D eigenvalue weighted by molar-refractivity contribution is 5.80. The van der Waals surface area contributed by atoms with Gasteiger partial charge in [0.25, 0.3) is 0 Å². The molecule has 2 saturated heterocycles. The Morgan fingerprint density at radius 3 is 1.78 bits per heavy atom. The predicted molar refractivity (Wildman–Crippen MR) is 250 cm³/mol. The molecule has 3 heterocycles. The van der Waals surface area contributed by atoms with Crippen molar-refractivity contribution >= 4 is 23.0 Å². The van der Waals surface area contributed by atoms with E-state index in [1.54, 1.807) is 14.1 Å². The first-order valence-corrected chi connectivity index (χ1v) is 23.2. The van der Waals surface area contributed by atoms with E-state index in [1.165, 1.54) is 58.9 Å². The molecule has 9 rings (SSSR count). The van der Waals surface area contributed by atoms with Crippen molar-refractivity contribution in [2.75, 3.05) is 60.5 Å². The van der Waals surface area contributed by atoms with Gasteiger partial charge in [0.05, 0.1) is 41.7 Å². The zero-order valence-corrected chi connectivity index (χ0v) is 38.9. The number of hydrogen-bond acceptors (Lipinski definition) is 9. The lowest BCUT2D eigenvalue weighted by Crippen LogP contribution is -2.53. The van der Waals surface area contributed by atoms with Crippen molar-refractivity contribution < 1.29 is 37.0 Å². The van der Waals surface area contributed by atoms with Crippen LogP contribution in [0.15, 0.2) is 78.0 Å². The largest absolute Gasteiger partial charge is 0.489 e. The molecule has 3 aliphatic carbocycles. The number of rotatable bonds is 14. The molecule has 2 aliphatic heterocycles. The average Bonchev–Trinajstić information content (AvgIpc) is 4.16. The lowest BCUT2D eigenvalue weighted by atomic mass is 9.85. The first-order chi connectivity index (χ1) is 32.2. The number of aromatic nitrogens is 1. The Bertz CT molecular complexity index is 2620. The van der Waals surface area contributed by atoms with Crippen molar-refractivity contribution in [3.8, 4) is 23.4 Å². The highest BCUT2D eigenvalue weighted by Gasteiger charge is 2.35. The Kier molecular flexibility index (Phi) is 14.4. The quantitative estimate of drug-likeness (QED) is 0.128. The number of likely N-dealkylation sites (tertiary alicyclic amines) is 2. The minimum absolute atomic E-state index is 0.0761. The topological polar surface area (TPSA) is 129 Å². The molecule has 3 fully saturated rings. The third kappa shape index (κ3) is 11.0. The zero-order valence-electron chi connectivity index (χ0n) is 38.9. The van der Waals surface area contributed by atoms with Gasteiger partial charge in [-0.15, -0.1) is 0 Å². The number of fused-ring (bicyclic) bond motifs is 2. The molecule has 67 heavy (non-hydrogen) atoms. The molecule has 4 aromatic rings. The molecule has 2 N–H and O–H groups in total. The number of carbonyl (C=O) groups is 2. The Balaban J connectivity index is 0.000000182. The van der Waals surface area contributed by atoms with E-state index in [0.717, 1.165) is 105 Å². The van der Waals surface area contributed by atoms with E-state index in [0.29, 0.717) is 18.3 Å². The van der Waals surface area contributed by atoms with Crippen LogP contribution in [0.5, 0.6) is 17.4 Å². The van der Waals surface area contributed by atoms with Gasteiger partial charge in [0, 0.05) is 59.6 Å². The molecule has 0 radical (unpaired) electrons. The van der Waals surface area contributed by atoms with Crippen molar-refractivity contribution in [2.24, 2.45) is 11.8 Å². The highest BCUT2D eigenvalue weighted by Crippen LogP contribution is 2.42. The fourth-order valence-electron chi connectivity index (χ4n) is 9.67. The summed E-state index contributed by atoms with van der Waals surface area (Å²) < 4.78 is 56.2. The third-order valence-corrected chi connectivity index (χ3v) is 13.9. The predicted octanol–water partition coefficient (Wildman–Crippen LogP) is 8.50. The summed E-state index contributed by atoms with van der Waals surface area (Å²) in [7, 11) is 4.74. The van der Waals surface area contributed by atoms with Gasteiger partial charge in [0.2, 0.25) is 17.7 Å². The fourth-order valence-corrected chi connectivity index (χ4v) is 9.67. The van der Waals surface area contributed by atoms with E-state index in [4.69, 9.17) is 14.2 Å². The molecule has 5 aliphatic rings. The van der Waals surface area contributed by atoms with Crippen molar-refractivity contribution in [1.29, 1.82) is 5.26 Å². The molecule has 0 atom stereocenters. The van der Waals surface area contributed by atoms with E-state index < -0.39 is 11.7 Å². The van der Waals surface area contributed by atoms with Crippen molar-refractivity contribution in [2.45, 2.75) is 77.7 Å². The van der Waals surface area contributed by atoms with Crippen molar-refractivity contribution in [1.82, 2.24) is 25.4 Å². The number of halogens is 3. The van der Waals surface area contributed by atoms with Crippen LogP contribution in [0.25, 0.3) is 11.1 Å². The molecule has 3 aromatic carbocycles. The van der Waals surface area contributed by atoms with Gasteiger partial charge < -0.3 is 24.8 Å². The number of carbonyl (C=O) groups excluding carboxylic acids is 2.